The molecule has 196 valence electrons. The number of hydrogen-bond donors (Lipinski definition) is 1. The Morgan fingerprint density at radius 2 is 1.74 bits per heavy atom. The molecule has 1 aromatic heterocycles. The molecule has 0 saturated carbocycles. The highest BCUT2D eigenvalue weighted by Crippen LogP contribution is 2.43. The normalized spacial score (nSPS) is 16.7. The molecule has 0 spiro atoms. The third-order valence-corrected chi connectivity index (χ3v) is 8.31. The minimum Gasteiger partial charge on any atom is -0.324 e. The number of piperidine rings is 1. The lowest BCUT2D eigenvalue weighted by Gasteiger charge is -2.28. The molecule has 3 aromatic carbocycles. The number of aromatic nitrogens is 2. The molecule has 38 heavy (non-hydrogen) atoms. The van der Waals surface area contributed by atoms with Crippen LogP contribution in [-0.4, -0.2) is 34.5 Å². The fourth-order valence-electron chi connectivity index (χ4n) is 5.63. The molecule has 4 aromatic rings. The summed E-state index contributed by atoms with van der Waals surface area (Å²) in [6.45, 7) is 3.58. The number of hydrogen-bond acceptors (Lipinski definition) is 4. The zero-order valence-corrected chi connectivity index (χ0v) is 23.5. The molecule has 1 saturated heterocycles. The van der Waals surface area contributed by atoms with Crippen molar-refractivity contribution >= 4 is 47.2 Å². The van der Waals surface area contributed by atoms with Gasteiger partial charge < -0.3 is 10.2 Å². The first-order valence-electron chi connectivity index (χ1n) is 13.1. The molecule has 1 fully saturated rings. The van der Waals surface area contributed by atoms with Crippen LogP contribution in [0.2, 0.25) is 10.0 Å². The summed E-state index contributed by atoms with van der Waals surface area (Å²) in [5.74, 6) is 0.798. The summed E-state index contributed by atoms with van der Waals surface area (Å²) in [7, 11) is 0. The third kappa shape index (κ3) is 5.84. The van der Waals surface area contributed by atoms with Crippen LogP contribution in [0.4, 0.5) is 11.6 Å². The summed E-state index contributed by atoms with van der Waals surface area (Å²) in [5, 5.41) is 4.61. The number of nitrogens with one attached hydrogen (secondary N) is 1. The summed E-state index contributed by atoms with van der Waals surface area (Å²) in [5.41, 5.74) is 8.02. The summed E-state index contributed by atoms with van der Waals surface area (Å²) in [6.07, 6.45) is 7.87. The molecule has 4 nitrogen and oxygen atoms in total. The van der Waals surface area contributed by atoms with Gasteiger partial charge in [0.2, 0.25) is 5.95 Å². The molecular formula is C31H31Cl3N4. The van der Waals surface area contributed by atoms with Crippen molar-refractivity contribution in [2.75, 3.05) is 25.0 Å². The van der Waals surface area contributed by atoms with Gasteiger partial charge >= 0.3 is 0 Å². The van der Waals surface area contributed by atoms with Crippen molar-refractivity contribution < 1.29 is 0 Å². The molecule has 2 aliphatic rings. The van der Waals surface area contributed by atoms with E-state index in [0.717, 1.165) is 47.5 Å². The van der Waals surface area contributed by atoms with Crippen LogP contribution in [0.5, 0.6) is 0 Å². The first-order valence-corrected chi connectivity index (χ1v) is 13.9. The molecule has 1 aliphatic carbocycles. The number of rotatable bonds is 6. The van der Waals surface area contributed by atoms with E-state index in [2.05, 4.69) is 64.8 Å². The second-order valence-corrected chi connectivity index (χ2v) is 10.9. The fraction of sp³-hybridized carbons (Fsp3) is 0.290. The van der Waals surface area contributed by atoms with E-state index < -0.39 is 0 Å². The van der Waals surface area contributed by atoms with Gasteiger partial charge in [0.25, 0.3) is 0 Å². The molecule has 0 radical (unpaired) electrons. The molecule has 7 heteroatoms. The van der Waals surface area contributed by atoms with Gasteiger partial charge in [-0.15, -0.1) is 12.4 Å². The maximum atomic E-state index is 6.36. The molecular weight excluding hydrogens is 535 g/mol. The van der Waals surface area contributed by atoms with Gasteiger partial charge in [-0.05, 0) is 85.3 Å². The number of nitrogens with zero attached hydrogens (tertiary/aromatic N) is 3. The van der Waals surface area contributed by atoms with Gasteiger partial charge in [0.15, 0.2) is 0 Å². The van der Waals surface area contributed by atoms with Gasteiger partial charge in [-0.1, -0.05) is 72.1 Å². The van der Waals surface area contributed by atoms with E-state index in [1.54, 1.807) is 0 Å². The van der Waals surface area contributed by atoms with Gasteiger partial charge in [-0.25, -0.2) is 9.97 Å². The predicted octanol–water partition coefficient (Wildman–Crippen LogP) is 8.33. The molecule has 0 amide bonds. The van der Waals surface area contributed by atoms with E-state index in [1.807, 2.05) is 18.3 Å². The van der Waals surface area contributed by atoms with Crippen molar-refractivity contribution in [1.82, 2.24) is 14.9 Å². The fourth-order valence-corrected chi connectivity index (χ4v) is 5.93. The number of benzene rings is 3. The first-order chi connectivity index (χ1) is 18.1. The van der Waals surface area contributed by atoms with Crippen molar-refractivity contribution in [1.29, 1.82) is 0 Å². The Labute approximate surface area is 240 Å². The highest BCUT2D eigenvalue weighted by Gasteiger charge is 2.27. The minimum absolute atomic E-state index is 0. The van der Waals surface area contributed by atoms with Crippen molar-refractivity contribution in [2.45, 2.75) is 38.0 Å². The standard InChI is InChI=1S/C31H30Cl2N4.ClH/c32-28-12-11-22(19-29(28)33)27-18-23-20-34-31(36-30(23)26-10-3-2-9-25(26)27)35-24-8-6-7-21(17-24)13-16-37-14-4-1-5-15-37;/h2-3,6-12,17,19-20,27H,1,4-5,13-16,18H2,(H,34,35,36);1H. The molecule has 1 unspecified atom stereocenters. The Morgan fingerprint density at radius 3 is 2.58 bits per heavy atom. The topological polar surface area (TPSA) is 41.1 Å². The monoisotopic (exact) mass is 564 g/mol. The summed E-state index contributed by atoms with van der Waals surface area (Å²) in [6, 6.07) is 23.0. The van der Waals surface area contributed by atoms with Crippen LogP contribution in [0, 0.1) is 0 Å². The minimum atomic E-state index is 0. The van der Waals surface area contributed by atoms with Gasteiger partial charge in [-0.3, -0.25) is 0 Å². The van der Waals surface area contributed by atoms with Crippen LogP contribution in [-0.2, 0) is 12.8 Å². The maximum absolute atomic E-state index is 6.36. The van der Waals surface area contributed by atoms with E-state index in [4.69, 9.17) is 33.2 Å². The van der Waals surface area contributed by atoms with E-state index in [0.29, 0.717) is 16.0 Å². The van der Waals surface area contributed by atoms with E-state index in [1.165, 1.54) is 43.5 Å². The van der Waals surface area contributed by atoms with Crippen LogP contribution in [0.15, 0.2) is 72.9 Å². The average molecular weight is 566 g/mol. The van der Waals surface area contributed by atoms with Gasteiger partial charge in [0.05, 0.1) is 15.7 Å². The van der Waals surface area contributed by atoms with Crippen LogP contribution >= 0.6 is 35.6 Å². The maximum Gasteiger partial charge on any atom is 0.227 e. The van der Waals surface area contributed by atoms with Crippen molar-refractivity contribution in [3.63, 3.8) is 0 Å². The molecule has 1 N–H and O–H groups in total. The number of anilines is 2. The number of likely N-dealkylation sites (tertiary alicyclic amines) is 1. The smallest absolute Gasteiger partial charge is 0.227 e. The largest absolute Gasteiger partial charge is 0.324 e. The quantitative estimate of drug-likeness (QED) is 0.255. The van der Waals surface area contributed by atoms with Crippen molar-refractivity contribution in [2.24, 2.45) is 0 Å². The van der Waals surface area contributed by atoms with E-state index in [9.17, 15) is 0 Å². The Hall–Kier alpha value is -2.63. The summed E-state index contributed by atoms with van der Waals surface area (Å²) >= 11 is 12.5. The second kappa shape index (κ2) is 12.0. The SMILES string of the molecule is Cl.Clc1ccc(C2Cc3cnc(Nc4cccc(CCN5CCCCC5)c4)nc3-c3ccccc32)cc1Cl. The lowest BCUT2D eigenvalue weighted by Crippen LogP contribution is -2.31. The Balaban J connectivity index is 0.00000294. The Bertz CT molecular complexity index is 1420. The number of fused-ring (bicyclic) bond motifs is 3. The number of halogens is 3. The van der Waals surface area contributed by atoms with E-state index >= 15 is 0 Å². The first kappa shape index (κ1) is 27.0. The second-order valence-electron chi connectivity index (χ2n) is 10.1. The van der Waals surface area contributed by atoms with Gasteiger partial charge in [-0.2, -0.15) is 0 Å². The molecule has 1 aliphatic heterocycles. The third-order valence-electron chi connectivity index (χ3n) is 7.57. The Morgan fingerprint density at radius 1 is 0.895 bits per heavy atom. The van der Waals surface area contributed by atoms with Crippen LogP contribution < -0.4 is 5.32 Å². The van der Waals surface area contributed by atoms with Crippen molar-refractivity contribution in [3.05, 3.63) is 105 Å². The highest BCUT2D eigenvalue weighted by atomic mass is 35.5. The summed E-state index contributed by atoms with van der Waals surface area (Å²) < 4.78 is 0. The van der Waals surface area contributed by atoms with Gasteiger partial charge in [0, 0.05) is 29.9 Å². The predicted molar refractivity (Wildman–Crippen MR) is 160 cm³/mol. The van der Waals surface area contributed by atoms with Crippen LogP contribution in [0.1, 0.15) is 47.4 Å². The Kier molecular flexibility index (Phi) is 8.54. The van der Waals surface area contributed by atoms with Crippen molar-refractivity contribution in [3.8, 4) is 11.3 Å². The van der Waals surface area contributed by atoms with Crippen LogP contribution in [0.25, 0.3) is 11.3 Å². The molecule has 2 heterocycles. The lowest BCUT2D eigenvalue weighted by molar-refractivity contribution is 0.231. The van der Waals surface area contributed by atoms with Crippen LogP contribution in [0.3, 0.4) is 0 Å². The van der Waals surface area contributed by atoms with E-state index in [-0.39, 0.29) is 18.3 Å². The average Bonchev–Trinajstić information content (AvgIpc) is 2.94. The highest BCUT2D eigenvalue weighted by molar-refractivity contribution is 6.42. The zero-order chi connectivity index (χ0) is 25.2. The lowest BCUT2D eigenvalue weighted by atomic mass is 9.78. The molecule has 1 atom stereocenters. The molecule has 6 rings (SSSR count). The zero-order valence-electron chi connectivity index (χ0n) is 21.2. The van der Waals surface area contributed by atoms with Gasteiger partial charge in [0.1, 0.15) is 0 Å². The molecule has 0 bridgehead atoms. The summed E-state index contributed by atoms with van der Waals surface area (Å²) in [4.78, 5) is 12.3.